The van der Waals surface area contributed by atoms with Gasteiger partial charge in [0.15, 0.2) is 0 Å². The predicted octanol–water partition coefficient (Wildman–Crippen LogP) is 2.75. The normalized spacial score (nSPS) is 11.1. The van der Waals surface area contributed by atoms with E-state index in [-0.39, 0.29) is 11.7 Å². The Morgan fingerprint density at radius 2 is 1.86 bits per heavy atom. The van der Waals surface area contributed by atoms with Crippen molar-refractivity contribution in [2.45, 2.75) is 13.3 Å². The van der Waals surface area contributed by atoms with Gasteiger partial charge in [0, 0.05) is 17.7 Å². The lowest BCUT2D eigenvalue weighted by molar-refractivity contribution is 0.0954. The Kier molecular flexibility index (Phi) is 5.14. The summed E-state index contributed by atoms with van der Waals surface area (Å²) < 4.78 is 5.29. The van der Waals surface area contributed by atoms with Gasteiger partial charge in [-0.3, -0.25) is 4.79 Å². The Labute approximate surface area is 129 Å². The van der Waals surface area contributed by atoms with Crippen molar-refractivity contribution in [3.8, 4) is 11.5 Å². The van der Waals surface area contributed by atoms with E-state index in [0.717, 1.165) is 17.0 Å². The van der Waals surface area contributed by atoms with Crippen LogP contribution in [0.5, 0.6) is 11.5 Å². The maximum Gasteiger partial charge on any atom is 0.271 e. The molecule has 2 rings (SSSR count). The SMILES string of the molecule is COc1ccccc1C/C(C)=N\NC(=O)c1ccc(O)cc1. The molecule has 2 aromatic rings. The Morgan fingerprint density at radius 3 is 2.55 bits per heavy atom. The first-order valence-corrected chi connectivity index (χ1v) is 6.84. The van der Waals surface area contributed by atoms with E-state index in [1.807, 2.05) is 31.2 Å². The van der Waals surface area contributed by atoms with Gasteiger partial charge in [0.25, 0.3) is 5.91 Å². The quantitative estimate of drug-likeness (QED) is 0.658. The molecule has 0 fully saturated rings. The summed E-state index contributed by atoms with van der Waals surface area (Å²) in [6.07, 6.45) is 0.583. The highest BCUT2D eigenvalue weighted by atomic mass is 16.5. The highest BCUT2D eigenvalue weighted by molar-refractivity contribution is 5.95. The number of hydrogen-bond donors (Lipinski definition) is 2. The molecule has 0 saturated heterocycles. The van der Waals surface area contributed by atoms with E-state index in [0.29, 0.717) is 12.0 Å². The van der Waals surface area contributed by atoms with Crippen molar-refractivity contribution >= 4 is 11.6 Å². The largest absolute Gasteiger partial charge is 0.508 e. The molecule has 2 N–H and O–H groups in total. The first kappa shape index (κ1) is 15.6. The van der Waals surface area contributed by atoms with E-state index >= 15 is 0 Å². The van der Waals surface area contributed by atoms with Crippen molar-refractivity contribution in [1.29, 1.82) is 0 Å². The zero-order chi connectivity index (χ0) is 15.9. The van der Waals surface area contributed by atoms with Crippen LogP contribution in [0, 0.1) is 0 Å². The zero-order valence-electron chi connectivity index (χ0n) is 12.5. The number of nitrogens with zero attached hydrogens (tertiary/aromatic N) is 1. The number of rotatable bonds is 5. The molecule has 2 aromatic carbocycles. The van der Waals surface area contributed by atoms with Gasteiger partial charge >= 0.3 is 0 Å². The lowest BCUT2D eigenvalue weighted by atomic mass is 10.1. The molecule has 0 saturated carbocycles. The minimum atomic E-state index is -0.320. The standard InChI is InChI=1S/C17H18N2O3/c1-12(11-14-5-3-4-6-16(14)22-2)18-19-17(21)13-7-9-15(20)10-8-13/h3-10,20H,11H2,1-2H3,(H,19,21)/b18-12-. The summed E-state index contributed by atoms with van der Waals surface area (Å²) in [6, 6.07) is 13.7. The second kappa shape index (κ2) is 7.26. The second-order valence-electron chi connectivity index (χ2n) is 4.82. The summed E-state index contributed by atoms with van der Waals surface area (Å²) in [4.78, 5) is 11.9. The highest BCUT2D eigenvalue weighted by Gasteiger charge is 2.06. The molecule has 114 valence electrons. The average Bonchev–Trinajstić information content (AvgIpc) is 2.54. The highest BCUT2D eigenvalue weighted by Crippen LogP contribution is 2.18. The lowest BCUT2D eigenvalue weighted by Crippen LogP contribution is -2.19. The van der Waals surface area contributed by atoms with Crippen molar-refractivity contribution in [1.82, 2.24) is 5.43 Å². The number of nitrogens with one attached hydrogen (secondary N) is 1. The number of phenolic OH excluding ortho intramolecular Hbond substituents is 1. The van der Waals surface area contributed by atoms with E-state index in [4.69, 9.17) is 4.74 Å². The molecular formula is C17H18N2O3. The number of ether oxygens (including phenoxy) is 1. The van der Waals surface area contributed by atoms with E-state index in [9.17, 15) is 9.90 Å². The summed E-state index contributed by atoms with van der Waals surface area (Å²) in [7, 11) is 1.62. The number of hydrazone groups is 1. The van der Waals surface area contributed by atoms with Crippen LogP contribution in [0.3, 0.4) is 0 Å². The number of benzene rings is 2. The van der Waals surface area contributed by atoms with Crippen LogP contribution in [0.1, 0.15) is 22.8 Å². The van der Waals surface area contributed by atoms with Gasteiger partial charge in [-0.05, 0) is 42.8 Å². The topological polar surface area (TPSA) is 70.9 Å². The maximum absolute atomic E-state index is 11.9. The molecule has 0 radical (unpaired) electrons. The molecule has 1 amide bonds. The molecular weight excluding hydrogens is 280 g/mol. The van der Waals surface area contributed by atoms with Crippen molar-refractivity contribution in [3.05, 3.63) is 59.7 Å². The monoisotopic (exact) mass is 298 g/mol. The van der Waals surface area contributed by atoms with E-state index < -0.39 is 0 Å². The van der Waals surface area contributed by atoms with Gasteiger partial charge in [-0.1, -0.05) is 18.2 Å². The van der Waals surface area contributed by atoms with Crippen LogP contribution in [0.15, 0.2) is 53.6 Å². The summed E-state index contributed by atoms with van der Waals surface area (Å²) in [5.41, 5.74) is 4.70. The van der Waals surface area contributed by atoms with Crippen molar-refractivity contribution < 1.29 is 14.6 Å². The minimum Gasteiger partial charge on any atom is -0.508 e. The molecule has 0 aromatic heterocycles. The Balaban J connectivity index is 2.00. The Bertz CT molecular complexity index is 679. The lowest BCUT2D eigenvalue weighted by Gasteiger charge is -2.08. The molecule has 0 atom stereocenters. The summed E-state index contributed by atoms with van der Waals surface area (Å²) in [5, 5.41) is 13.3. The van der Waals surface area contributed by atoms with Crippen LogP contribution in [0.25, 0.3) is 0 Å². The van der Waals surface area contributed by atoms with Gasteiger partial charge < -0.3 is 9.84 Å². The number of amides is 1. The molecule has 5 heteroatoms. The van der Waals surface area contributed by atoms with Gasteiger partial charge in [-0.25, -0.2) is 5.43 Å². The number of aromatic hydroxyl groups is 1. The molecule has 0 aliphatic carbocycles. The van der Waals surface area contributed by atoms with Crippen LogP contribution in [0.4, 0.5) is 0 Å². The van der Waals surface area contributed by atoms with E-state index in [2.05, 4.69) is 10.5 Å². The number of hydrogen-bond acceptors (Lipinski definition) is 4. The van der Waals surface area contributed by atoms with Crippen LogP contribution < -0.4 is 10.2 Å². The van der Waals surface area contributed by atoms with E-state index in [1.54, 1.807) is 7.11 Å². The fraction of sp³-hybridized carbons (Fsp3) is 0.176. The van der Waals surface area contributed by atoms with Crippen molar-refractivity contribution in [3.63, 3.8) is 0 Å². The number of carbonyl (C=O) groups excluding carboxylic acids is 1. The third-order valence-electron chi connectivity index (χ3n) is 3.12. The molecule has 0 aliphatic rings. The van der Waals surface area contributed by atoms with Crippen molar-refractivity contribution in [2.75, 3.05) is 7.11 Å². The fourth-order valence-electron chi connectivity index (χ4n) is 1.99. The third-order valence-corrected chi connectivity index (χ3v) is 3.12. The van der Waals surface area contributed by atoms with Gasteiger partial charge in [0.2, 0.25) is 0 Å². The zero-order valence-corrected chi connectivity index (χ0v) is 12.5. The average molecular weight is 298 g/mol. The van der Waals surface area contributed by atoms with Crippen LogP contribution in [-0.4, -0.2) is 23.8 Å². The smallest absolute Gasteiger partial charge is 0.271 e. The fourth-order valence-corrected chi connectivity index (χ4v) is 1.99. The second-order valence-corrected chi connectivity index (χ2v) is 4.82. The first-order valence-electron chi connectivity index (χ1n) is 6.84. The van der Waals surface area contributed by atoms with Gasteiger partial charge in [-0.2, -0.15) is 5.10 Å². The van der Waals surface area contributed by atoms with E-state index in [1.165, 1.54) is 24.3 Å². The summed E-state index contributed by atoms with van der Waals surface area (Å²) >= 11 is 0. The Hall–Kier alpha value is -2.82. The number of phenols is 1. The minimum absolute atomic E-state index is 0.118. The van der Waals surface area contributed by atoms with Gasteiger partial charge in [0.05, 0.1) is 7.11 Å². The maximum atomic E-state index is 11.9. The molecule has 0 heterocycles. The molecule has 0 spiro atoms. The molecule has 0 bridgehead atoms. The number of methoxy groups -OCH3 is 1. The van der Waals surface area contributed by atoms with Gasteiger partial charge in [-0.15, -0.1) is 0 Å². The number of carbonyl (C=O) groups is 1. The molecule has 5 nitrogen and oxygen atoms in total. The first-order chi connectivity index (χ1) is 10.6. The summed E-state index contributed by atoms with van der Waals surface area (Å²) in [6.45, 7) is 1.84. The number of para-hydroxylation sites is 1. The Morgan fingerprint density at radius 1 is 1.18 bits per heavy atom. The molecule has 0 aliphatic heterocycles. The molecule has 22 heavy (non-hydrogen) atoms. The van der Waals surface area contributed by atoms with Gasteiger partial charge in [0.1, 0.15) is 11.5 Å². The van der Waals surface area contributed by atoms with Crippen molar-refractivity contribution in [2.24, 2.45) is 5.10 Å². The predicted molar refractivity (Wildman–Crippen MR) is 85.4 cm³/mol. The van der Waals surface area contributed by atoms with Crippen LogP contribution in [-0.2, 0) is 6.42 Å². The third kappa shape index (κ3) is 4.09. The van der Waals surface area contributed by atoms with Crippen LogP contribution >= 0.6 is 0 Å². The molecule has 0 unspecified atom stereocenters. The van der Waals surface area contributed by atoms with Crippen LogP contribution in [0.2, 0.25) is 0 Å². The summed E-state index contributed by atoms with van der Waals surface area (Å²) in [5.74, 6) is 0.591.